The van der Waals surface area contributed by atoms with E-state index in [4.69, 9.17) is 60.3 Å². The molecule has 3 heterocycles. The van der Waals surface area contributed by atoms with Gasteiger partial charge in [-0.05, 0) is 242 Å². The summed E-state index contributed by atoms with van der Waals surface area (Å²) in [7, 11) is 0. The van der Waals surface area contributed by atoms with Crippen molar-refractivity contribution in [1.82, 2.24) is 58.1 Å². The van der Waals surface area contributed by atoms with Crippen LogP contribution in [-0.4, -0.2) is 154 Å². The first-order chi connectivity index (χ1) is 92.0. The van der Waals surface area contributed by atoms with Crippen LogP contribution in [-0.2, 0) is 121 Å². The largest absolute Gasteiger partial charge is 0.416 e. The number of benzene rings is 9. The zero-order valence-corrected chi connectivity index (χ0v) is 78.8. The minimum absolute atomic E-state index is 0.0488. The molecule has 3 aromatic heterocycles. The van der Waals surface area contributed by atoms with Crippen molar-refractivity contribution in [3.05, 3.63) is 350 Å². The third-order valence-electron chi connectivity index (χ3n) is 20.0. The van der Waals surface area contributed by atoms with Gasteiger partial charge >= 0.3 is 18.5 Å². The van der Waals surface area contributed by atoms with Gasteiger partial charge in [0, 0.05) is 141 Å². The van der Waals surface area contributed by atoms with E-state index in [1.54, 1.807) is 0 Å². The maximum atomic E-state index is 15.5. The highest BCUT2D eigenvalue weighted by atomic mass is 32.2. The summed E-state index contributed by atoms with van der Waals surface area (Å²) in [6.45, 7) is -60.8. The average Bonchev–Trinajstić information content (AvgIpc) is 1.51. The van der Waals surface area contributed by atoms with E-state index < -0.39 is 441 Å². The monoisotopic (exact) mass is 2100 g/mol. The molecule has 0 aliphatic heterocycles. The Hall–Kier alpha value is -11.9. The summed E-state index contributed by atoms with van der Waals surface area (Å²) in [6, 6.07) is -4.06. The number of likely N-dealkylation sites (N-methyl/N-ethyl adjacent to an activating group) is 3. The number of thioether (sulfide) groups is 3. The van der Waals surface area contributed by atoms with Crippen LogP contribution in [0, 0.1) is 29.2 Å². The zero-order valence-electron chi connectivity index (χ0n) is 137. The van der Waals surface area contributed by atoms with E-state index in [2.05, 4.69) is 15.0 Å². The van der Waals surface area contributed by atoms with Gasteiger partial charge in [-0.25, -0.2) is 13.2 Å². The highest BCUT2D eigenvalue weighted by Gasteiger charge is 2.36. The minimum atomic E-state index is -5.52. The molecule has 3 atom stereocenters. The smallest absolute Gasteiger partial charge is 0.336 e. The van der Waals surface area contributed by atoms with Gasteiger partial charge in [0.25, 0.3) is 16.7 Å². The van der Waals surface area contributed by atoms with Crippen LogP contribution in [0.15, 0.2) is 248 Å². The van der Waals surface area contributed by atoms with Crippen LogP contribution in [0.2, 0.25) is 0 Å². The Labute approximate surface area is 930 Å². The summed E-state index contributed by atoms with van der Waals surface area (Å²) in [5.41, 5.74) is -20.0. The topological polar surface area (TPSA) is 175 Å². The molecule has 0 radical (unpaired) electrons. The quantitative estimate of drug-likeness (QED) is 0.0202. The highest BCUT2D eigenvalue weighted by molar-refractivity contribution is 7.98. The van der Waals surface area contributed by atoms with Crippen LogP contribution in [0.4, 0.5) is 52.7 Å². The summed E-state index contributed by atoms with van der Waals surface area (Å²) < 4.78 is 698. The van der Waals surface area contributed by atoms with Gasteiger partial charge in [0.15, 0.2) is 15.5 Å². The summed E-state index contributed by atoms with van der Waals surface area (Å²) in [5, 5.41) is -2.93. The number of nitrogens with zero attached hydrogens (tertiary/aromatic N) is 12. The van der Waals surface area contributed by atoms with Crippen LogP contribution in [0.3, 0.4) is 0 Å². The van der Waals surface area contributed by atoms with Crippen LogP contribution in [0.1, 0.15) is 242 Å². The molecule has 3 aliphatic rings. The van der Waals surface area contributed by atoms with Gasteiger partial charge in [0.1, 0.15) is 36.9 Å². The molecule has 0 fully saturated rings. The Bertz CT molecular complexity index is 9800. The number of rotatable bonds is 39. The summed E-state index contributed by atoms with van der Waals surface area (Å²) in [5.74, 6) is -19.5. The number of carbonyl (C=O) groups excluding carboxylic acids is 3. The van der Waals surface area contributed by atoms with Gasteiger partial charge in [-0.2, -0.15) is 54.5 Å². The highest BCUT2D eigenvalue weighted by Crippen LogP contribution is 2.39. The lowest BCUT2D eigenvalue weighted by Crippen LogP contribution is -2.42. The van der Waals surface area contributed by atoms with Gasteiger partial charge in [0.05, 0.1) is 67.9 Å². The predicted octanol–water partition coefficient (Wildman–Crippen LogP) is 22.7. The fourth-order valence-electron chi connectivity index (χ4n) is 12.9. The Morgan fingerprint density at radius 1 is 0.396 bits per heavy atom. The Morgan fingerprint density at radius 3 is 1.14 bits per heavy atom. The SMILES string of the molecule is [2H]c1c([2H])c(C(F)(F)F)c([2H])c([2H])c1-c1c([2H])c([2H])c(C([2H])([2H])N(C(=O)C([2H])([2H])n2c(SCc3ccc(F)cc3)nc(=O)c3c2C([2H])([2H])C([2H])(C)C3([2H])[2H])C([2H])([2H])C([2H])([2H])N(C([2H])([2H])C)C([2H])([2H])C)c([2H])c1[2H].[2H]c1c([2H])c(CSc2nc(=O)c3c(n2C([2H])([2H])C(=O)N(C([2H])(C)c2ccc(-c4ccc(C(F)(F)F)cc4)cc2)C([2H])([2H])C([2H])([2H])N(C([2H])([2H])C)C([2H])([2H])C)CCC3)c([2H])c([2H])c1F.[2H]c1c([2H])c(CSc2nc(=O)c3c(n2C([2H])([2H])C(=O)N(C([2H])([2H])c2ccc(-c4ccc(C(F)(F)F)cc4)cc2)C([2H])([2H])C([2H])([2H])N(C([2H])([2H])C)C([2H])([2H])C)C([2H])([2H])C([2H])(C)C3([2H])[2H])c([2H])c([2H])c1F. The van der Waals surface area contributed by atoms with Crippen LogP contribution in [0.25, 0.3) is 33.4 Å². The summed E-state index contributed by atoms with van der Waals surface area (Å²) in [4.78, 5) is 95.1. The molecule has 33 heteroatoms. The summed E-state index contributed by atoms with van der Waals surface area (Å²) in [6.07, 6.45) is -28.7. The van der Waals surface area contributed by atoms with Crippen molar-refractivity contribution in [2.75, 3.05) is 78.0 Å². The molecule has 9 aromatic carbocycles. The predicted molar refractivity (Wildman–Crippen MR) is 544 cm³/mol. The van der Waals surface area contributed by atoms with Gasteiger partial charge < -0.3 is 43.1 Å². The number of halogens is 12. The van der Waals surface area contributed by atoms with E-state index in [1.807, 2.05) is 0 Å². The van der Waals surface area contributed by atoms with E-state index >= 15 is 14.4 Å². The molecule has 0 bridgehead atoms. The van der Waals surface area contributed by atoms with E-state index in [0.29, 0.717) is 71.7 Å². The van der Waals surface area contributed by atoms with Crippen molar-refractivity contribution in [2.45, 2.75) is 197 Å². The molecule has 0 saturated carbocycles. The van der Waals surface area contributed by atoms with Crippen LogP contribution >= 0.6 is 35.3 Å². The van der Waals surface area contributed by atoms with Gasteiger partial charge in [0.2, 0.25) is 17.7 Å². The molecule has 18 nitrogen and oxygen atoms in total. The molecule has 0 saturated heterocycles. The van der Waals surface area contributed by atoms with E-state index in [1.165, 1.54) is 24.3 Å². The number of hydrogen-bond donors (Lipinski definition) is 0. The van der Waals surface area contributed by atoms with Crippen molar-refractivity contribution in [3.8, 4) is 33.4 Å². The maximum absolute atomic E-state index is 15.5. The third kappa shape index (κ3) is 29.3. The molecule has 12 aromatic rings. The lowest BCUT2D eigenvalue weighted by atomic mass is 9.99. The fraction of sp³-hybridized carbons (Fsp3) is 0.378. The van der Waals surface area contributed by atoms with E-state index in [0.717, 1.165) is 104 Å². The molecule has 144 heavy (non-hydrogen) atoms. The van der Waals surface area contributed by atoms with E-state index in [-0.39, 0.29) is 111 Å². The number of carbonyl (C=O) groups is 3. The molecule has 3 amide bonds. The Morgan fingerprint density at radius 2 is 0.736 bits per heavy atom. The molecule has 15 rings (SSSR count). The van der Waals surface area contributed by atoms with Gasteiger partial charge in [-0.3, -0.25) is 28.8 Å². The molecule has 0 N–H and O–H groups in total. The van der Waals surface area contributed by atoms with Crippen molar-refractivity contribution in [1.29, 1.82) is 0 Å². The number of aromatic nitrogens is 6. The first-order valence-corrected chi connectivity index (χ1v) is 44.9. The summed E-state index contributed by atoms with van der Waals surface area (Å²) >= 11 is 0.751. The van der Waals surface area contributed by atoms with Gasteiger partial charge in [-0.15, -0.1) is 0 Å². The minimum Gasteiger partial charge on any atom is -0.336 e. The maximum Gasteiger partial charge on any atom is 0.416 e. The standard InChI is InChI=1S/3C37H40F4N4O2S/c2*1-4-43(5-2)18-19-44(22-26-6-10-28(11-7-26)29-12-14-30(15-13-29)37(39,40)41)34(46)23-45-33-21-25(3)20-32(33)35(47)42-36(45)48-24-27-8-16-31(38)17-9-27;1-4-43(5-2)21-22-44(25(3)27-11-13-28(14-12-27)29-15-17-30(18-16-29)37(39,40)41)34(46)23-45-33-8-6-7-32(33)35(47)42-36(45)48-24-26-9-19-31(38)20-10-26/h2*6-17,25H,4-5,18-24H2,1-3H3;9-20,25H,4-8,21-24H2,1-3H3/i4D2,5D2,6D,7D,10D,11D,12D,13D,14D,15D,18D2,19D2,20D2,21D2,22D2,23D2,25D;4D2,5D2,8D,9D,16D,17D,18D2,19D2,20D2,21D2,22D2,23D2,25D;4D2,5D2,9D,10D,19D,20D,21D2,22D2,23D2,25D. The number of amides is 3. The molecule has 0 spiro atoms. The number of fused-ring (bicyclic) bond motifs is 3. The third-order valence-corrected chi connectivity index (χ3v) is 22.9. The number of hydrogen-bond acceptors (Lipinski definition) is 15. The Balaban J connectivity index is 0.000000247. The average molecular weight is 2100 g/mol. The van der Waals surface area contributed by atoms with Crippen molar-refractivity contribution < 1.29 is 151 Å². The molecular weight excluding hydrogens is 1920 g/mol. The van der Waals surface area contributed by atoms with Crippen LogP contribution in [0.5, 0.6) is 0 Å². The van der Waals surface area contributed by atoms with E-state index in [9.17, 15) is 90.4 Å². The number of alkyl halides is 9. The second-order valence-electron chi connectivity index (χ2n) is 29.5. The normalized spacial score (nSPS) is 24.6. The molecule has 3 unspecified atom stereocenters. The lowest BCUT2D eigenvalue weighted by molar-refractivity contribution is -0.138. The van der Waals surface area contributed by atoms with Crippen LogP contribution < -0.4 is 16.7 Å². The lowest BCUT2D eigenvalue weighted by Gasteiger charge is -2.33. The molecule has 3 aliphatic carbocycles. The first kappa shape index (κ1) is 54.0. The Kier molecular flexibility index (Phi) is 18.9. The zero-order chi connectivity index (χ0) is 158. The second-order valence-corrected chi connectivity index (χ2v) is 32.4. The second kappa shape index (κ2) is 50.3. The van der Waals surface area contributed by atoms with Crippen molar-refractivity contribution >= 4 is 53.0 Å². The van der Waals surface area contributed by atoms with Crippen molar-refractivity contribution in [2.24, 2.45) is 11.8 Å². The van der Waals surface area contributed by atoms with Gasteiger partial charge in [-0.1, -0.05) is 236 Å². The molecule has 762 valence electrons. The van der Waals surface area contributed by atoms with Crippen molar-refractivity contribution in [3.63, 3.8) is 0 Å². The fourth-order valence-corrected chi connectivity index (χ4v) is 15.5. The molecular formula is C111H120F12N12O6S3. The first-order valence-electron chi connectivity index (χ1n) is 72.5.